The molecule has 0 aliphatic rings. The number of benzene rings is 2. The molecule has 0 unspecified atom stereocenters. The zero-order valence-electron chi connectivity index (χ0n) is 9.29. The van der Waals surface area contributed by atoms with Gasteiger partial charge in [0.05, 0.1) is 10.0 Å². The van der Waals surface area contributed by atoms with Crippen LogP contribution in [0.5, 0.6) is 0 Å². The van der Waals surface area contributed by atoms with E-state index in [1.807, 2.05) is 24.3 Å². The standard InChI is InChI=1S/C13H10Cl3NS/c14-11-3-1-9(17)5-8(11)7-18-10-2-4-12(15)13(16)6-10/h1-6H,7,17H2. The van der Waals surface area contributed by atoms with Crippen LogP contribution in [0, 0.1) is 0 Å². The van der Waals surface area contributed by atoms with E-state index in [0.717, 1.165) is 21.2 Å². The van der Waals surface area contributed by atoms with E-state index in [-0.39, 0.29) is 0 Å². The monoisotopic (exact) mass is 317 g/mol. The normalized spacial score (nSPS) is 10.6. The molecule has 2 N–H and O–H groups in total. The lowest BCUT2D eigenvalue weighted by Crippen LogP contribution is -1.88. The Morgan fingerprint density at radius 3 is 2.33 bits per heavy atom. The minimum Gasteiger partial charge on any atom is -0.399 e. The SMILES string of the molecule is Nc1ccc(Cl)c(CSc2ccc(Cl)c(Cl)c2)c1. The first-order valence-corrected chi connectivity index (χ1v) is 7.30. The Kier molecular flexibility index (Phi) is 4.68. The summed E-state index contributed by atoms with van der Waals surface area (Å²) in [5.41, 5.74) is 7.45. The number of nitrogens with two attached hydrogens (primary N) is 1. The predicted octanol–water partition coefficient (Wildman–Crippen LogP) is 5.52. The number of thioether (sulfide) groups is 1. The van der Waals surface area contributed by atoms with E-state index in [1.54, 1.807) is 23.9 Å². The second-order valence-corrected chi connectivity index (χ2v) is 5.99. The van der Waals surface area contributed by atoms with Crippen molar-refractivity contribution in [3.63, 3.8) is 0 Å². The Labute approximate surface area is 125 Å². The molecular formula is C13H10Cl3NS. The van der Waals surface area contributed by atoms with Gasteiger partial charge in [-0.05, 0) is 42.0 Å². The van der Waals surface area contributed by atoms with Crippen molar-refractivity contribution in [2.24, 2.45) is 0 Å². The van der Waals surface area contributed by atoms with Gasteiger partial charge >= 0.3 is 0 Å². The molecule has 0 radical (unpaired) electrons. The van der Waals surface area contributed by atoms with Gasteiger partial charge in [0.25, 0.3) is 0 Å². The molecule has 0 saturated heterocycles. The number of rotatable bonds is 3. The summed E-state index contributed by atoms with van der Waals surface area (Å²) in [6.07, 6.45) is 0. The quantitative estimate of drug-likeness (QED) is 0.595. The molecule has 5 heteroatoms. The molecule has 18 heavy (non-hydrogen) atoms. The van der Waals surface area contributed by atoms with Gasteiger partial charge in [-0.1, -0.05) is 34.8 Å². The van der Waals surface area contributed by atoms with Crippen LogP contribution in [0.2, 0.25) is 15.1 Å². The number of halogens is 3. The summed E-state index contributed by atoms with van der Waals surface area (Å²) in [6, 6.07) is 11.0. The molecule has 0 amide bonds. The summed E-state index contributed by atoms with van der Waals surface area (Å²) in [5.74, 6) is 0.738. The molecule has 94 valence electrons. The van der Waals surface area contributed by atoms with Gasteiger partial charge in [0.1, 0.15) is 0 Å². The van der Waals surface area contributed by atoms with E-state index >= 15 is 0 Å². The highest BCUT2D eigenvalue weighted by molar-refractivity contribution is 7.98. The van der Waals surface area contributed by atoms with Gasteiger partial charge in [-0.2, -0.15) is 0 Å². The van der Waals surface area contributed by atoms with Gasteiger partial charge in [-0.25, -0.2) is 0 Å². The van der Waals surface area contributed by atoms with Crippen LogP contribution >= 0.6 is 46.6 Å². The maximum atomic E-state index is 6.10. The largest absolute Gasteiger partial charge is 0.399 e. The molecule has 2 aromatic rings. The van der Waals surface area contributed by atoms with Crippen molar-refractivity contribution in [3.8, 4) is 0 Å². The van der Waals surface area contributed by atoms with Crippen LogP contribution in [0.25, 0.3) is 0 Å². The lowest BCUT2D eigenvalue weighted by Gasteiger charge is -2.06. The molecule has 0 heterocycles. The fraction of sp³-hybridized carbons (Fsp3) is 0.0769. The first kappa shape index (κ1) is 13.9. The van der Waals surface area contributed by atoms with Crippen molar-refractivity contribution in [1.29, 1.82) is 0 Å². The van der Waals surface area contributed by atoms with Crippen molar-refractivity contribution in [1.82, 2.24) is 0 Å². The van der Waals surface area contributed by atoms with E-state index in [4.69, 9.17) is 40.5 Å². The maximum Gasteiger partial charge on any atom is 0.0603 e. The van der Waals surface area contributed by atoms with Crippen LogP contribution in [0.4, 0.5) is 5.69 Å². The summed E-state index contributed by atoms with van der Waals surface area (Å²) in [7, 11) is 0. The van der Waals surface area contributed by atoms with Crippen molar-refractivity contribution in [2.75, 3.05) is 5.73 Å². The van der Waals surface area contributed by atoms with Gasteiger partial charge in [0, 0.05) is 21.4 Å². The van der Waals surface area contributed by atoms with Crippen LogP contribution in [0.1, 0.15) is 5.56 Å². The summed E-state index contributed by atoms with van der Waals surface area (Å²) in [5, 5.41) is 1.83. The topological polar surface area (TPSA) is 26.0 Å². The second kappa shape index (κ2) is 6.07. The van der Waals surface area contributed by atoms with Crippen LogP contribution in [0.3, 0.4) is 0 Å². The first-order chi connectivity index (χ1) is 8.56. The predicted molar refractivity (Wildman–Crippen MR) is 81.9 cm³/mol. The Morgan fingerprint density at radius 1 is 0.889 bits per heavy atom. The molecule has 0 atom stereocenters. The highest BCUT2D eigenvalue weighted by atomic mass is 35.5. The van der Waals surface area contributed by atoms with Crippen molar-refractivity contribution < 1.29 is 0 Å². The summed E-state index contributed by atoms with van der Waals surface area (Å²) < 4.78 is 0. The van der Waals surface area contributed by atoms with E-state index in [9.17, 15) is 0 Å². The zero-order chi connectivity index (χ0) is 13.1. The molecule has 2 aromatic carbocycles. The number of hydrogen-bond acceptors (Lipinski definition) is 2. The highest BCUT2D eigenvalue weighted by Gasteiger charge is 2.04. The van der Waals surface area contributed by atoms with Crippen molar-refractivity contribution in [3.05, 3.63) is 57.0 Å². The van der Waals surface area contributed by atoms with Gasteiger partial charge in [0.2, 0.25) is 0 Å². The lowest BCUT2D eigenvalue weighted by atomic mass is 10.2. The molecule has 0 aromatic heterocycles. The molecular weight excluding hydrogens is 309 g/mol. The number of anilines is 1. The fourth-order valence-corrected chi connectivity index (χ4v) is 2.99. The van der Waals surface area contributed by atoms with Crippen LogP contribution < -0.4 is 5.73 Å². The van der Waals surface area contributed by atoms with Gasteiger partial charge in [0.15, 0.2) is 0 Å². The molecule has 0 fully saturated rings. The maximum absolute atomic E-state index is 6.10. The number of nitrogen functional groups attached to an aromatic ring is 1. The van der Waals surface area contributed by atoms with E-state index < -0.39 is 0 Å². The Hall–Kier alpha value is -0.540. The van der Waals surface area contributed by atoms with E-state index in [2.05, 4.69) is 0 Å². The third kappa shape index (κ3) is 3.48. The van der Waals surface area contributed by atoms with Gasteiger partial charge in [-0.3, -0.25) is 0 Å². The van der Waals surface area contributed by atoms with Gasteiger partial charge in [-0.15, -0.1) is 11.8 Å². The molecule has 2 rings (SSSR count). The molecule has 0 saturated carbocycles. The Bertz CT molecular complexity index is 572. The van der Waals surface area contributed by atoms with E-state index in [1.165, 1.54) is 0 Å². The lowest BCUT2D eigenvalue weighted by molar-refractivity contribution is 1.38. The Balaban J connectivity index is 2.11. The highest BCUT2D eigenvalue weighted by Crippen LogP contribution is 2.31. The molecule has 0 spiro atoms. The minimum absolute atomic E-state index is 0.556. The number of hydrogen-bond donors (Lipinski definition) is 1. The molecule has 0 aliphatic heterocycles. The van der Waals surface area contributed by atoms with Crippen molar-refractivity contribution in [2.45, 2.75) is 10.6 Å². The third-order valence-electron chi connectivity index (χ3n) is 2.36. The van der Waals surface area contributed by atoms with Crippen LogP contribution in [-0.4, -0.2) is 0 Å². The first-order valence-electron chi connectivity index (χ1n) is 5.18. The molecule has 1 nitrogen and oxygen atoms in total. The van der Waals surface area contributed by atoms with Crippen molar-refractivity contribution >= 4 is 52.3 Å². The average Bonchev–Trinajstić information content (AvgIpc) is 2.34. The summed E-state index contributed by atoms with van der Waals surface area (Å²) >= 11 is 19.6. The summed E-state index contributed by atoms with van der Waals surface area (Å²) in [6.45, 7) is 0. The van der Waals surface area contributed by atoms with Crippen LogP contribution in [0.15, 0.2) is 41.3 Å². The smallest absolute Gasteiger partial charge is 0.0603 e. The van der Waals surface area contributed by atoms with Crippen LogP contribution in [-0.2, 0) is 5.75 Å². The minimum atomic E-state index is 0.556. The molecule has 0 aliphatic carbocycles. The van der Waals surface area contributed by atoms with E-state index in [0.29, 0.717) is 15.7 Å². The summed E-state index contributed by atoms with van der Waals surface area (Å²) in [4.78, 5) is 1.04. The second-order valence-electron chi connectivity index (χ2n) is 3.72. The average molecular weight is 319 g/mol. The van der Waals surface area contributed by atoms with Gasteiger partial charge < -0.3 is 5.73 Å². The zero-order valence-corrected chi connectivity index (χ0v) is 12.4. The molecule has 0 bridgehead atoms. The Morgan fingerprint density at radius 2 is 1.61 bits per heavy atom. The third-order valence-corrected chi connectivity index (χ3v) is 4.51. The fourth-order valence-electron chi connectivity index (χ4n) is 1.43.